The fourth-order valence-electron chi connectivity index (χ4n) is 1.24. The standard InChI is InChI=1S/C8H12O3/c1-5(2)6-3-4-7(9)11-8(6)10/h5-6H,3-4H2,1-2H3/t6-/m1/s1. The Morgan fingerprint density at radius 1 is 1.45 bits per heavy atom. The highest BCUT2D eigenvalue weighted by Crippen LogP contribution is 2.23. The minimum atomic E-state index is -0.382. The first kappa shape index (κ1) is 8.24. The molecular formula is C8H12O3. The van der Waals surface area contributed by atoms with Gasteiger partial charge in [0.1, 0.15) is 0 Å². The Morgan fingerprint density at radius 2 is 2.09 bits per heavy atom. The number of carbonyl (C=O) groups is 2. The van der Waals surface area contributed by atoms with Crippen molar-refractivity contribution in [2.45, 2.75) is 26.7 Å². The van der Waals surface area contributed by atoms with Gasteiger partial charge in [-0.05, 0) is 12.3 Å². The van der Waals surface area contributed by atoms with E-state index in [9.17, 15) is 9.59 Å². The van der Waals surface area contributed by atoms with Gasteiger partial charge >= 0.3 is 11.9 Å². The Labute approximate surface area is 65.7 Å². The van der Waals surface area contributed by atoms with Crippen LogP contribution in [0.2, 0.25) is 0 Å². The number of carbonyl (C=O) groups excluding carboxylic acids is 2. The lowest BCUT2D eigenvalue weighted by molar-refractivity contribution is -0.168. The molecule has 0 aromatic heterocycles. The van der Waals surface area contributed by atoms with E-state index in [4.69, 9.17) is 0 Å². The summed E-state index contributed by atoms with van der Waals surface area (Å²) in [5.74, 6) is -0.536. The van der Waals surface area contributed by atoms with Crippen molar-refractivity contribution < 1.29 is 14.3 Å². The van der Waals surface area contributed by atoms with Gasteiger partial charge in [0.2, 0.25) is 0 Å². The van der Waals surface area contributed by atoms with Crippen LogP contribution < -0.4 is 0 Å². The molecule has 1 aliphatic rings. The Kier molecular flexibility index (Phi) is 2.27. The topological polar surface area (TPSA) is 43.4 Å². The van der Waals surface area contributed by atoms with Crippen LogP contribution in [-0.4, -0.2) is 11.9 Å². The maximum Gasteiger partial charge on any atom is 0.316 e. The van der Waals surface area contributed by atoms with Crippen LogP contribution in [0.4, 0.5) is 0 Å². The molecule has 1 rings (SSSR count). The zero-order chi connectivity index (χ0) is 8.43. The van der Waals surface area contributed by atoms with E-state index in [1.165, 1.54) is 0 Å². The zero-order valence-electron chi connectivity index (χ0n) is 6.79. The molecule has 11 heavy (non-hydrogen) atoms. The maximum atomic E-state index is 11.0. The van der Waals surface area contributed by atoms with Crippen molar-refractivity contribution in [2.75, 3.05) is 0 Å². The molecule has 1 fully saturated rings. The summed E-state index contributed by atoms with van der Waals surface area (Å²) >= 11 is 0. The molecule has 1 heterocycles. The molecule has 0 unspecified atom stereocenters. The van der Waals surface area contributed by atoms with E-state index in [-0.39, 0.29) is 23.8 Å². The first-order chi connectivity index (χ1) is 5.11. The molecule has 0 aromatic carbocycles. The molecule has 1 saturated heterocycles. The molecule has 3 nitrogen and oxygen atoms in total. The minimum Gasteiger partial charge on any atom is -0.393 e. The van der Waals surface area contributed by atoms with E-state index >= 15 is 0 Å². The number of esters is 2. The number of ether oxygens (including phenoxy) is 1. The van der Waals surface area contributed by atoms with Gasteiger partial charge in [0.15, 0.2) is 0 Å². The van der Waals surface area contributed by atoms with Crippen molar-refractivity contribution in [3.05, 3.63) is 0 Å². The third-order valence-electron chi connectivity index (χ3n) is 1.98. The van der Waals surface area contributed by atoms with Gasteiger partial charge < -0.3 is 4.74 Å². The second-order valence-electron chi connectivity index (χ2n) is 3.18. The summed E-state index contributed by atoms with van der Waals surface area (Å²) in [6.07, 6.45) is 1.03. The molecule has 0 bridgehead atoms. The molecule has 62 valence electrons. The molecule has 0 spiro atoms. The smallest absolute Gasteiger partial charge is 0.316 e. The zero-order valence-corrected chi connectivity index (χ0v) is 6.79. The fraction of sp³-hybridized carbons (Fsp3) is 0.750. The van der Waals surface area contributed by atoms with Gasteiger partial charge in [0.05, 0.1) is 5.92 Å². The lowest BCUT2D eigenvalue weighted by Crippen LogP contribution is -2.30. The van der Waals surface area contributed by atoms with Gasteiger partial charge in [-0.1, -0.05) is 13.8 Å². The highest BCUT2D eigenvalue weighted by atomic mass is 16.6. The summed E-state index contributed by atoms with van der Waals surface area (Å²) < 4.78 is 4.48. The molecule has 0 aliphatic carbocycles. The molecular weight excluding hydrogens is 144 g/mol. The van der Waals surface area contributed by atoms with E-state index in [1.807, 2.05) is 13.8 Å². The van der Waals surface area contributed by atoms with Crippen LogP contribution in [0.1, 0.15) is 26.7 Å². The van der Waals surface area contributed by atoms with Crippen LogP contribution in [0, 0.1) is 11.8 Å². The van der Waals surface area contributed by atoms with Crippen molar-refractivity contribution in [3.8, 4) is 0 Å². The van der Waals surface area contributed by atoms with E-state index in [0.29, 0.717) is 12.8 Å². The Morgan fingerprint density at radius 3 is 2.55 bits per heavy atom. The summed E-state index contributed by atoms with van der Waals surface area (Å²) in [6.45, 7) is 3.92. The Bertz CT molecular complexity index is 184. The largest absolute Gasteiger partial charge is 0.393 e. The van der Waals surface area contributed by atoms with Gasteiger partial charge in [-0.2, -0.15) is 0 Å². The van der Waals surface area contributed by atoms with Crippen LogP contribution in [0.3, 0.4) is 0 Å². The van der Waals surface area contributed by atoms with Crippen molar-refractivity contribution >= 4 is 11.9 Å². The van der Waals surface area contributed by atoms with Crippen LogP contribution in [0.5, 0.6) is 0 Å². The van der Waals surface area contributed by atoms with E-state index < -0.39 is 0 Å². The van der Waals surface area contributed by atoms with E-state index in [0.717, 1.165) is 0 Å². The average Bonchev–Trinajstić information content (AvgIpc) is 1.85. The maximum absolute atomic E-state index is 11.0. The summed E-state index contributed by atoms with van der Waals surface area (Å²) in [4.78, 5) is 21.6. The van der Waals surface area contributed by atoms with E-state index in [2.05, 4.69) is 4.74 Å². The molecule has 1 atom stereocenters. The normalized spacial score (nSPS) is 25.5. The molecule has 0 aromatic rings. The van der Waals surface area contributed by atoms with Crippen molar-refractivity contribution in [1.29, 1.82) is 0 Å². The Hall–Kier alpha value is -0.860. The number of hydrogen-bond donors (Lipinski definition) is 0. The first-order valence-electron chi connectivity index (χ1n) is 3.86. The minimum absolute atomic E-state index is 0.0762. The predicted molar refractivity (Wildman–Crippen MR) is 38.7 cm³/mol. The highest BCUT2D eigenvalue weighted by molar-refractivity contribution is 5.89. The summed E-state index contributed by atoms with van der Waals surface area (Å²) in [5.41, 5.74) is 0. The summed E-state index contributed by atoms with van der Waals surface area (Å²) in [7, 11) is 0. The number of cyclic esters (lactones) is 2. The molecule has 0 saturated carbocycles. The number of hydrogen-bond acceptors (Lipinski definition) is 3. The van der Waals surface area contributed by atoms with Crippen LogP contribution in [0.25, 0.3) is 0 Å². The quantitative estimate of drug-likeness (QED) is 0.422. The van der Waals surface area contributed by atoms with Gasteiger partial charge in [-0.3, -0.25) is 9.59 Å². The van der Waals surface area contributed by atoms with Gasteiger partial charge in [0, 0.05) is 6.42 Å². The van der Waals surface area contributed by atoms with E-state index in [1.54, 1.807) is 0 Å². The van der Waals surface area contributed by atoms with Crippen LogP contribution in [-0.2, 0) is 14.3 Å². The lowest BCUT2D eigenvalue weighted by atomic mass is 9.90. The van der Waals surface area contributed by atoms with Crippen molar-refractivity contribution in [2.24, 2.45) is 11.8 Å². The SMILES string of the molecule is CC(C)[C@H]1CCC(=O)OC1=O. The average molecular weight is 156 g/mol. The molecule has 0 N–H and O–H groups in total. The molecule has 0 amide bonds. The van der Waals surface area contributed by atoms with Crippen LogP contribution in [0.15, 0.2) is 0 Å². The third kappa shape index (κ3) is 1.79. The molecule has 3 heteroatoms. The molecule has 1 aliphatic heterocycles. The predicted octanol–water partition coefficient (Wildman–Crippen LogP) is 1.12. The monoisotopic (exact) mass is 156 g/mol. The van der Waals surface area contributed by atoms with Crippen molar-refractivity contribution in [1.82, 2.24) is 0 Å². The first-order valence-corrected chi connectivity index (χ1v) is 3.86. The second kappa shape index (κ2) is 3.03. The summed E-state index contributed by atoms with van der Waals surface area (Å²) in [6, 6.07) is 0. The summed E-state index contributed by atoms with van der Waals surface area (Å²) in [5, 5.41) is 0. The second-order valence-corrected chi connectivity index (χ2v) is 3.18. The van der Waals surface area contributed by atoms with Crippen LogP contribution >= 0.6 is 0 Å². The van der Waals surface area contributed by atoms with Gasteiger partial charge in [-0.25, -0.2) is 0 Å². The number of rotatable bonds is 1. The van der Waals surface area contributed by atoms with Gasteiger partial charge in [-0.15, -0.1) is 0 Å². The Balaban J connectivity index is 2.57. The van der Waals surface area contributed by atoms with Gasteiger partial charge in [0.25, 0.3) is 0 Å². The highest BCUT2D eigenvalue weighted by Gasteiger charge is 2.30. The lowest BCUT2D eigenvalue weighted by Gasteiger charge is -2.21. The third-order valence-corrected chi connectivity index (χ3v) is 1.98. The molecule has 0 radical (unpaired) electrons. The van der Waals surface area contributed by atoms with Crippen molar-refractivity contribution in [3.63, 3.8) is 0 Å². The fourth-order valence-corrected chi connectivity index (χ4v) is 1.24.